The first-order valence-electron chi connectivity index (χ1n) is 11.7. The van der Waals surface area contributed by atoms with Crippen LogP contribution in [-0.2, 0) is 6.54 Å². The molecular weight excluding hydrogens is 418 g/mol. The molecule has 3 aromatic rings. The van der Waals surface area contributed by atoms with Crippen molar-refractivity contribution in [2.75, 3.05) is 39.3 Å². The van der Waals surface area contributed by atoms with Crippen molar-refractivity contribution in [3.8, 4) is 11.5 Å². The molecule has 4 rings (SSSR count). The molecule has 7 heteroatoms. The monoisotopic (exact) mass is 451 g/mol. The molecule has 0 aliphatic carbocycles. The molecule has 1 aromatic carbocycles. The Bertz CT molecular complexity index is 1100. The van der Waals surface area contributed by atoms with E-state index in [2.05, 4.69) is 16.7 Å². The number of aromatic hydroxyl groups is 1. The molecule has 0 unspecified atom stereocenters. The van der Waals surface area contributed by atoms with Crippen molar-refractivity contribution in [1.82, 2.24) is 14.4 Å². The number of hydrogen-bond acceptors (Lipinski definition) is 6. The Kier molecular flexibility index (Phi) is 7.20. The van der Waals surface area contributed by atoms with E-state index in [9.17, 15) is 9.90 Å². The second kappa shape index (κ2) is 10.3. The Balaban J connectivity index is 1.78. The fourth-order valence-corrected chi connectivity index (χ4v) is 4.59. The van der Waals surface area contributed by atoms with Gasteiger partial charge in [-0.25, -0.2) is 0 Å². The maximum Gasteiger partial charge on any atom is 0.260 e. The van der Waals surface area contributed by atoms with Crippen LogP contribution >= 0.6 is 0 Å². The zero-order chi connectivity index (χ0) is 23.4. The number of furan rings is 1. The van der Waals surface area contributed by atoms with Gasteiger partial charge >= 0.3 is 0 Å². The summed E-state index contributed by atoms with van der Waals surface area (Å²) in [6.07, 6.45) is 1.60. The van der Waals surface area contributed by atoms with E-state index >= 15 is 0 Å². The van der Waals surface area contributed by atoms with Crippen LogP contribution in [0, 0.1) is 6.92 Å². The van der Waals surface area contributed by atoms with E-state index in [1.165, 1.54) is 0 Å². The minimum absolute atomic E-state index is 0.0324. The Hall–Kier alpha value is -3.03. The highest BCUT2D eigenvalue weighted by molar-refractivity contribution is 5.42. The van der Waals surface area contributed by atoms with E-state index in [1.54, 1.807) is 16.9 Å². The van der Waals surface area contributed by atoms with E-state index in [1.807, 2.05) is 50.2 Å². The van der Waals surface area contributed by atoms with Crippen molar-refractivity contribution in [2.45, 2.75) is 33.4 Å². The standard InChI is InChI=1S/C26H33N3O4/c1-4-27-12-14-28(15-13-27)25(20-8-10-21(11-9-20)32-5-2)24-23(30)17-19(3)29(26(24)31)18-22-7-6-16-33-22/h6-11,16-17,25,30H,4-5,12-15,18H2,1-3H3/t25-/m0/s1. The van der Waals surface area contributed by atoms with Gasteiger partial charge in [-0.2, -0.15) is 0 Å². The minimum Gasteiger partial charge on any atom is -0.507 e. The molecule has 2 aromatic heterocycles. The minimum atomic E-state index is -0.351. The highest BCUT2D eigenvalue weighted by atomic mass is 16.5. The lowest BCUT2D eigenvalue weighted by Gasteiger charge is -2.39. The smallest absolute Gasteiger partial charge is 0.260 e. The zero-order valence-electron chi connectivity index (χ0n) is 19.7. The quantitative estimate of drug-likeness (QED) is 0.564. The van der Waals surface area contributed by atoms with Gasteiger partial charge in [0.25, 0.3) is 5.56 Å². The fraction of sp³-hybridized carbons (Fsp3) is 0.423. The number of benzene rings is 1. The van der Waals surface area contributed by atoms with Gasteiger partial charge in [-0.05, 0) is 56.3 Å². The van der Waals surface area contributed by atoms with Crippen LogP contribution in [0.5, 0.6) is 11.5 Å². The molecule has 7 nitrogen and oxygen atoms in total. The average molecular weight is 452 g/mol. The number of pyridine rings is 1. The van der Waals surface area contributed by atoms with Crippen LogP contribution in [0.15, 0.2) is 57.9 Å². The summed E-state index contributed by atoms with van der Waals surface area (Å²) in [5.41, 5.74) is 1.87. The molecule has 1 aliphatic heterocycles. The molecule has 0 amide bonds. The lowest BCUT2D eigenvalue weighted by atomic mass is 9.95. The average Bonchev–Trinajstić information content (AvgIpc) is 3.34. The fourth-order valence-electron chi connectivity index (χ4n) is 4.59. The van der Waals surface area contributed by atoms with Crippen LogP contribution in [0.1, 0.15) is 42.5 Å². The molecule has 1 fully saturated rings. The number of rotatable bonds is 8. The number of nitrogens with zero attached hydrogens (tertiary/aromatic N) is 3. The third-order valence-corrected chi connectivity index (χ3v) is 6.42. The molecule has 0 radical (unpaired) electrons. The number of aromatic nitrogens is 1. The summed E-state index contributed by atoms with van der Waals surface area (Å²) in [6, 6.07) is 12.9. The van der Waals surface area contributed by atoms with Crippen LogP contribution in [0.25, 0.3) is 0 Å². The van der Waals surface area contributed by atoms with Crippen molar-refractivity contribution in [2.24, 2.45) is 0 Å². The molecule has 1 saturated heterocycles. The van der Waals surface area contributed by atoms with Gasteiger partial charge in [-0.3, -0.25) is 9.69 Å². The first-order valence-corrected chi connectivity index (χ1v) is 11.7. The zero-order valence-corrected chi connectivity index (χ0v) is 19.7. The Morgan fingerprint density at radius 3 is 2.42 bits per heavy atom. The maximum absolute atomic E-state index is 13.8. The summed E-state index contributed by atoms with van der Waals surface area (Å²) < 4.78 is 12.8. The molecule has 0 saturated carbocycles. The first-order chi connectivity index (χ1) is 16.0. The predicted molar refractivity (Wildman–Crippen MR) is 128 cm³/mol. The van der Waals surface area contributed by atoms with Crippen LogP contribution in [0.4, 0.5) is 0 Å². The molecule has 33 heavy (non-hydrogen) atoms. The van der Waals surface area contributed by atoms with E-state index in [0.29, 0.717) is 30.2 Å². The molecule has 1 atom stereocenters. The molecule has 176 valence electrons. The van der Waals surface area contributed by atoms with Crippen molar-refractivity contribution in [3.63, 3.8) is 0 Å². The van der Waals surface area contributed by atoms with E-state index in [-0.39, 0.29) is 17.4 Å². The Morgan fingerprint density at radius 2 is 1.82 bits per heavy atom. The van der Waals surface area contributed by atoms with E-state index < -0.39 is 0 Å². The third kappa shape index (κ3) is 4.99. The molecule has 1 N–H and O–H groups in total. The second-order valence-corrected chi connectivity index (χ2v) is 8.43. The van der Waals surface area contributed by atoms with Crippen LogP contribution in [0.3, 0.4) is 0 Å². The maximum atomic E-state index is 13.8. The first kappa shape index (κ1) is 23.1. The van der Waals surface area contributed by atoms with Crippen molar-refractivity contribution < 1.29 is 14.3 Å². The molecule has 3 heterocycles. The van der Waals surface area contributed by atoms with Crippen molar-refractivity contribution in [1.29, 1.82) is 0 Å². The van der Waals surface area contributed by atoms with Gasteiger partial charge in [0, 0.05) is 31.9 Å². The molecule has 0 spiro atoms. The van der Waals surface area contributed by atoms with Gasteiger partial charge in [0.05, 0.1) is 31.0 Å². The number of aryl methyl sites for hydroxylation is 1. The largest absolute Gasteiger partial charge is 0.507 e. The highest BCUT2D eigenvalue weighted by Crippen LogP contribution is 2.34. The summed E-state index contributed by atoms with van der Waals surface area (Å²) in [7, 11) is 0. The van der Waals surface area contributed by atoms with Crippen molar-refractivity contribution >= 4 is 0 Å². The lowest BCUT2D eigenvalue weighted by Crippen LogP contribution is -2.48. The van der Waals surface area contributed by atoms with Gasteiger partial charge in [0.2, 0.25) is 0 Å². The molecular formula is C26H33N3O4. The summed E-state index contributed by atoms with van der Waals surface area (Å²) in [4.78, 5) is 18.5. The lowest BCUT2D eigenvalue weighted by molar-refractivity contribution is 0.111. The SMILES string of the molecule is CCOc1ccc([C@@H](c2c(O)cc(C)n(Cc3ccco3)c2=O)N2CCN(CC)CC2)cc1. The van der Waals surface area contributed by atoms with Crippen LogP contribution < -0.4 is 10.3 Å². The number of piperazine rings is 1. The summed E-state index contributed by atoms with van der Waals surface area (Å²) in [5.74, 6) is 1.52. The van der Waals surface area contributed by atoms with Crippen molar-refractivity contribution in [3.05, 3.63) is 81.7 Å². The summed E-state index contributed by atoms with van der Waals surface area (Å²) in [6.45, 7) is 11.4. The van der Waals surface area contributed by atoms with Gasteiger partial charge in [0.15, 0.2) is 0 Å². The highest BCUT2D eigenvalue weighted by Gasteiger charge is 2.31. The van der Waals surface area contributed by atoms with Gasteiger partial charge in [-0.1, -0.05) is 19.1 Å². The summed E-state index contributed by atoms with van der Waals surface area (Å²) >= 11 is 0. The second-order valence-electron chi connectivity index (χ2n) is 8.43. The predicted octanol–water partition coefficient (Wildman–Crippen LogP) is 3.63. The third-order valence-electron chi connectivity index (χ3n) is 6.42. The molecule has 1 aliphatic rings. The van der Waals surface area contributed by atoms with E-state index in [4.69, 9.17) is 9.15 Å². The van der Waals surface area contributed by atoms with Gasteiger partial charge < -0.3 is 23.7 Å². The molecule has 0 bridgehead atoms. The van der Waals surface area contributed by atoms with Crippen LogP contribution in [0.2, 0.25) is 0 Å². The number of ether oxygens (including phenoxy) is 1. The number of hydrogen-bond donors (Lipinski definition) is 1. The Labute approximate surface area is 194 Å². The summed E-state index contributed by atoms with van der Waals surface area (Å²) in [5, 5.41) is 11.0. The number of likely N-dealkylation sites (N-methyl/N-ethyl adjacent to an activating group) is 1. The topological polar surface area (TPSA) is 71.1 Å². The Morgan fingerprint density at radius 1 is 1.09 bits per heavy atom. The van der Waals surface area contributed by atoms with Gasteiger partial charge in [0.1, 0.15) is 17.3 Å². The van der Waals surface area contributed by atoms with Crippen LogP contribution in [-0.4, -0.2) is 58.8 Å². The van der Waals surface area contributed by atoms with E-state index in [0.717, 1.165) is 44.0 Å². The normalized spacial score (nSPS) is 16.1. The van der Waals surface area contributed by atoms with Gasteiger partial charge in [-0.15, -0.1) is 0 Å².